The molecule has 1 N–H and O–H groups in total. The number of rotatable bonds is 6. The lowest BCUT2D eigenvalue weighted by Crippen LogP contribution is -2.42. The number of anilines is 2. The van der Waals surface area contributed by atoms with E-state index in [2.05, 4.69) is 5.32 Å². The molecule has 2 aromatic carbocycles. The standard InChI is InChI=1S/C24H29N3O4S/c1-16-7-4-5-10-21(16)25-23(28)15-26(3)32(30,31)20-11-12-22-19(14-20)13-17(2)27(22)24(29)18-8-6-9-18/h4-5,7,10-12,14,17-18H,6,8-9,13,15H2,1-3H3,(H,25,28). The Morgan fingerprint density at radius 2 is 1.88 bits per heavy atom. The fourth-order valence-corrected chi connectivity index (χ4v) is 5.50. The summed E-state index contributed by atoms with van der Waals surface area (Å²) in [4.78, 5) is 27.2. The van der Waals surface area contributed by atoms with Crippen molar-refractivity contribution in [3.8, 4) is 0 Å². The number of fused-ring (bicyclic) bond motifs is 1. The zero-order valence-corrected chi connectivity index (χ0v) is 19.5. The second-order valence-corrected chi connectivity index (χ2v) is 10.8. The van der Waals surface area contributed by atoms with Crippen LogP contribution >= 0.6 is 0 Å². The van der Waals surface area contributed by atoms with Gasteiger partial charge in [-0.3, -0.25) is 9.59 Å². The van der Waals surface area contributed by atoms with Gasteiger partial charge >= 0.3 is 0 Å². The SMILES string of the molecule is Cc1ccccc1NC(=O)CN(C)S(=O)(=O)c1ccc2c(c1)CC(C)N2C(=O)C1CCC1. The van der Waals surface area contributed by atoms with E-state index in [0.29, 0.717) is 12.1 Å². The van der Waals surface area contributed by atoms with E-state index < -0.39 is 15.9 Å². The van der Waals surface area contributed by atoms with Crippen molar-refractivity contribution in [2.24, 2.45) is 5.92 Å². The Hall–Kier alpha value is -2.71. The van der Waals surface area contributed by atoms with Crippen LogP contribution in [0.25, 0.3) is 0 Å². The number of benzene rings is 2. The second-order valence-electron chi connectivity index (χ2n) is 8.80. The summed E-state index contributed by atoms with van der Waals surface area (Å²) >= 11 is 0. The largest absolute Gasteiger partial charge is 0.325 e. The van der Waals surface area contributed by atoms with Crippen molar-refractivity contribution in [3.63, 3.8) is 0 Å². The third-order valence-electron chi connectivity index (χ3n) is 6.45. The van der Waals surface area contributed by atoms with Crippen molar-refractivity contribution < 1.29 is 18.0 Å². The van der Waals surface area contributed by atoms with E-state index in [0.717, 1.165) is 40.4 Å². The van der Waals surface area contributed by atoms with Gasteiger partial charge in [-0.05, 0) is 68.5 Å². The lowest BCUT2D eigenvalue weighted by molar-refractivity contribution is -0.125. The van der Waals surface area contributed by atoms with E-state index >= 15 is 0 Å². The first-order valence-electron chi connectivity index (χ1n) is 11.0. The number of nitrogens with zero attached hydrogens (tertiary/aromatic N) is 2. The first-order valence-corrected chi connectivity index (χ1v) is 12.4. The van der Waals surface area contributed by atoms with Gasteiger partial charge in [0.25, 0.3) is 0 Å². The minimum atomic E-state index is -3.85. The predicted octanol–water partition coefficient (Wildman–Crippen LogP) is 3.33. The van der Waals surface area contributed by atoms with E-state index in [1.807, 2.05) is 36.9 Å². The minimum absolute atomic E-state index is 0.00803. The summed E-state index contributed by atoms with van der Waals surface area (Å²) in [6.07, 6.45) is 3.57. The highest BCUT2D eigenvalue weighted by molar-refractivity contribution is 7.89. The summed E-state index contributed by atoms with van der Waals surface area (Å²) < 4.78 is 27.3. The molecular weight excluding hydrogens is 426 g/mol. The quantitative estimate of drug-likeness (QED) is 0.724. The molecule has 0 spiro atoms. The molecule has 0 bridgehead atoms. The van der Waals surface area contributed by atoms with Crippen LogP contribution in [0.2, 0.25) is 0 Å². The van der Waals surface area contributed by atoms with Crippen LogP contribution in [0.15, 0.2) is 47.4 Å². The highest BCUT2D eigenvalue weighted by Gasteiger charge is 2.37. The molecule has 1 atom stereocenters. The van der Waals surface area contributed by atoms with Crippen molar-refractivity contribution in [2.45, 2.75) is 50.5 Å². The Bertz CT molecular complexity index is 1160. The Labute approximate surface area is 189 Å². The van der Waals surface area contributed by atoms with Crippen LogP contribution in [0.5, 0.6) is 0 Å². The van der Waals surface area contributed by atoms with Crippen LogP contribution in [0.3, 0.4) is 0 Å². The molecule has 2 aliphatic rings. The number of nitrogens with one attached hydrogen (secondary N) is 1. The lowest BCUT2D eigenvalue weighted by Gasteiger charge is -2.32. The Morgan fingerprint density at radius 1 is 1.16 bits per heavy atom. The number of sulfonamides is 1. The van der Waals surface area contributed by atoms with E-state index in [9.17, 15) is 18.0 Å². The second kappa shape index (κ2) is 8.67. The summed E-state index contributed by atoms with van der Waals surface area (Å²) in [5.41, 5.74) is 3.21. The van der Waals surface area contributed by atoms with Crippen molar-refractivity contribution in [1.82, 2.24) is 4.31 Å². The third-order valence-corrected chi connectivity index (χ3v) is 8.25. The summed E-state index contributed by atoms with van der Waals surface area (Å²) in [7, 11) is -2.46. The van der Waals surface area contributed by atoms with Gasteiger partial charge in [0.05, 0.1) is 11.4 Å². The lowest BCUT2D eigenvalue weighted by atomic mass is 9.84. The minimum Gasteiger partial charge on any atom is -0.325 e. The van der Waals surface area contributed by atoms with Crippen molar-refractivity contribution in [3.05, 3.63) is 53.6 Å². The highest BCUT2D eigenvalue weighted by atomic mass is 32.2. The molecule has 7 nitrogen and oxygen atoms in total. The van der Waals surface area contributed by atoms with Crippen LogP contribution in [0, 0.1) is 12.8 Å². The van der Waals surface area contributed by atoms with E-state index in [1.54, 1.807) is 18.2 Å². The molecule has 4 rings (SSSR count). The molecule has 1 aliphatic carbocycles. The maximum Gasteiger partial charge on any atom is 0.243 e. The predicted molar refractivity (Wildman–Crippen MR) is 124 cm³/mol. The number of amides is 2. The average Bonchev–Trinajstić information content (AvgIpc) is 3.03. The molecule has 0 radical (unpaired) electrons. The fourth-order valence-electron chi connectivity index (χ4n) is 4.33. The summed E-state index contributed by atoms with van der Waals surface area (Å²) in [5, 5.41) is 2.76. The number of likely N-dealkylation sites (N-methyl/N-ethyl adjacent to an activating group) is 1. The van der Waals surface area contributed by atoms with Crippen molar-refractivity contribution >= 4 is 33.2 Å². The Morgan fingerprint density at radius 3 is 2.53 bits per heavy atom. The number of aryl methyl sites for hydroxylation is 1. The van der Waals surface area contributed by atoms with Gasteiger partial charge in [-0.1, -0.05) is 24.6 Å². The Kier molecular flexibility index (Phi) is 6.09. The van der Waals surface area contributed by atoms with E-state index in [-0.39, 0.29) is 29.3 Å². The van der Waals surface area contributed by atoms with Gasteiger partial charge in [0.2, 0.25) is 21.8 Å². The monoisotopic (exact) mass is 455 g/mol. The molecule has 1 unspecified atom stereocenters. The van der Waals surface area contributed by atoms with E-state index in [4.69, 9.17) is 0 Å². The van der Waals surface area contributed by atoms with Crippen LogP contribution in [0.1, 0.15) is 37.3 Å². The maximum absolute atomic E-state index is 13.1. The van der Waals surface area contributed by atoms with Crippen LogP contribution in [0.4, 0.5) is 11.4 Å². The molecule has 1 heterocycles. The van der Waals surface area contributed by atoms with Gasteiger partial charge in [-0.2, -0.15) is 4.31 Å². The molecule has 170 valence electrons. The number of hydrogen-bond donors (Lipinski definition) is 1. The highest BCUT2D eigenvalue weighted by Crippen LogP contribution is 2.38. The van der Waals surface area contributed by atoms with Crippen molar-refractivity contribution in [2.75, 3.05) is 23.8 Å². The first kappa shape index (κ1) is 22.5. The Balaban J connectivity index is 1.49. The molecule has 1 aliphatic heterocycles. The van der Waals surface area contributed by atoms with Gasteiger partial charge in [-0.25, -0.2) is 8.42 Å². The number of hydrogen-bond acceptors (Lipinski definition) is 4. The first-order chi connectivity index (χ1) is 15.2. The van der Waals surface area contributed by atoms with Crippen LogP contribution < -0.4 is 10.2 Å². The third kappa shape index (κ3) is 4.17. The molecular formula is C24H29N3O4S. The molecule has 0 saturated heterocycles. The summed E-state index contributed by atoms with van der Waals surface area (Å²) in [5.74, 6) is -0.176. The van der Waals surface area contributed by atoms with Crippen molar-refractivity contribution in [1.29, 1.82) is 0 Å². The normalized spacial score (nSPS) is 18.4. The number of carbonyl (C=O) groups excluding carboxylic acids is 2. The average molecular weight is 456 g/mol. The molecule has 2 amide bonds. The van der Waals surface area contributed by atoms with Gasteiger partial charge in [0.15, 0.2) is 0 Å². The maximum atomic E-state index is 13.1. The molecule has 2 aromatic rings. The van der Waals surface area contributed by atoms with E-state index in [1.165, 1.54) is 13.1 Å². The van der Waals surface area contributed by atoms with Crippen LogP contribution in [-0.4, -0.2) is 44.2 Å². The molecule has 1 saturated carbocycles. The zero-order valence-electron chi connectivity index (χ0n) is 18.7. The smallest absolute Gasteiger partial charge is 0.243 e. The zero-order chi connectivity index (χ0) is 23.0. The van der Waals surface area contributed by atoms with Gasteiger partial charge in [0, 0.05) is 30.4 Å². The van der Waals surface area contributed by atoms with Gasteiger partial charge < -0.3 is 10.2 Å². The summed E-state index contributed by atoms with van der Waals surface area (Å²) in [6, 6.07) is 12.2. The fraction of sp³-hybridized carbons (Fsp3) is 0.417. The number of para-hydroxylation sites is 1. The number of carbonyl (C=O) groups is 2. The van der Waals surface area contributed by atoms with Crippen LogP contribution in [-0.2, 0) is 26.0 Å². The molecule has 1 fully saturated rings. The molecule has 8 heteroatoms. The summed E-state index contributed by atoms with van der Waals surface area (Å²) in [6.45, 7) is 3.57. The molecule has 0 aromatic heterocycles. The molecule has 32 heavy (non-hydrogen) atoms. The van der Waals surface area contributed by atoms with Gasteiger partial charge in [0.1, 0.15) is 0 Å². The topological polar surface area (TPSA) is 86.8 Å². The van der Waals surface area contributed by atoms with Gasteiger partial charge in [-0.15, -0.1) is 0 Å².